The minimum Gasteiger partial charge on any atom is -0.329 e. The number of alkyl halides is 3. The maximum Gasteiger partial charge on any atom is 0.406 e. The van der Waals surface area contributed by atoms with Crippen molar-refractivity contribution in [3.63, 3.8) is 0 Å². The van der Waals surface area contributed by atoms with Crippen molar-refractivity contribution in [1.29, 1.82) is 0 Å². The molecular weight excluding hydrogens is 277 g/mol. The third kappa shape index (κ3) is 5.60. The van der Waals surface area contributed by atoms with E-state index in [0.717, 1.165) is 17.7 Å². The van der Waals surface area contributed by atoms with Gasteiger partial charge in [0.2, 0.25) is 5.91 Å². The van der Waals surface area contributed by atoms with Gasteiger partial charge in [0.25, 0.3) is 0 Å². The van der Waals surface area contributed by atoms with Crippen molar-refractivity contribution in [2.75, 3.05) is 18.6 Å². The Bertz CT molecular complexity index is 308. The van der Waals surface area contributed by atoms with Gasteiger partial charge >= 0.3 is 6.18 Å². The summed E-state index contributed by atoms with van der Waals surface area (Å²) in [5.74, 6) is 0.287. The Balaban J connectivity index is 2.68. The summed E-state index contributed by atoms with van der Waals surface area (Å²) in [5.41, 5.74) is 5.71. The van der Waals surface area contributed by atoms with E-state index in [4.69, 9.17) is 5.73 Å². The van der Waals surface area contributed by atoms with E-state index in [9.17, 15) is 18.0 Å². The van der Waals surface area contributed by atoms with Crippen LogP contribution in [0, 0.1) is 5.92 Å². The molecule has 2 atom stereocenters. The van der Waals surface area contributed by atoms with Crippen molar-refractivity contribution in [1.82, 2.24) is 4.90 Å². The van der Waals surface area contributed by atoms with Gasteiger partial charge in [-0.05, 0) is 44.1 Å². The number of halogens is 3. The summed E-state index contributed by atoms with van der Waals surface area (Å²) in [6.45, 7) is 0.485. The molecule has 0 spiro atoms. The number of nitrogens with zero attached hydrogens (tertiary/aromatic N) is 1. The van der Waals surface area contributed by atoms with Crippen molar-refractivity contribution in [2.45, 2.75) is 44.4 Å². The fourth-order valence-electron chi connectivity index (χ4n) is 2.03. The van der Waals surface area contributed by atoms with Crippen molar-refractivity contribution >= 4 is 17.7 Å². The summed E-state index contributed by atoms with van der Waals surface area (Å²) in [6.07, 6.45) is -0.313. The molecular formula is C12H21F3N2OS. The van der Waals surface area contributed by atoms with E-state index in [0.29, 0.717) is 12.2 Å². The third-order valence-corrected chi connectivity index (χ3v) is 4.02. The maximum atomic E-state index is 12.6. The first-order valence-electron chi connectivity index (χ1n) is 6.38. The van der Waals surface area contributed by atoms with Crippen LogP contribution in [0.1, 0.15) is 26.2 Å². The van der Waals surface area contributed by atoms with Crippen LogP contribution >= 0.6 is 11.8 Å². The van der Waals surface area contributed by atoms with Crippen molar-refractivity contribution < 1.29 is 18.0 Å². The average Bonchev–Trinajstić information content (AvgIpc) is 3.14. The maximum absolute atomic E-state index is 12.6. The zero-order valence-electron chi connectivity index (χ0n) is 11.2. The van der Waals surface area contributed by atoms with Gasteiger partial charge < -0.3 is 10.6 Å². The highest BCUT2D eigenvalue weighted by atomic mass is 32.2. The number of hydrogen-bond donors (Lipinski definition) is 1. The first kappa shape index (κ1) is 16.6. The van der Waals surface area contributed by atoms with Gasteiger partial charge in [-0.25, -0.2) is 0 Å². The van der Waals surface area contributed by atoms with E-state index in [1.165, 1.54) is 11.8 Å². The normalized spacial score (nSPS) is 19.1. The number of amides is 1. The highest BCUT2D eigenvalue weighted by molar-refractivity contribution is 7.98. The zero-order chi connectivity index (χ0) is 14.6. The Kier molecular flexibility index (Phi) is 5.98. The lowest BCUT2D eigenvalue weighted by atomic mass is 10.1. The number of hydrogen-bond acceptors (Lipinski definition) is 3. The SMILES string of the molecule is CSCC[C@H](N)C(=O)N(CC(F)(F)F)C(C)C1CC1. The largest absolute Gasteiger partial charge is 0.406 e. The average molecular weight is 298 g/mol. The van der Waals surface area contributed by atoms with E-state index in [2.05, 4.69) is 0 Å². The fraction of sp³-hybridized carbons (Fsp3) is 0.917. The molecule has 1 rings (SSSR count). The molecule has 1 saturated carbocycles. The number of carbonyl (C=O) groups is 1. The van der Waals surface area contributed by atoms with Crippen molar-refractivity contribution in [2.24, 2.45) is 11.7 Å². The summed E-state index contributed by atoms with van der Waals surface area (Å²) >= 11 is 1.53. The molecule has 3 nitrogen and oxygen atoms in total. The van der Waals surface area contributed by atoms with Crippen LogP contribution in [0.15, 0.2) is 0 Å². The molecule has 0 aliphatic heterocycles. The summed E-state index contributed by atoms with van der Waals surface area (Å²) < 4.78 is 37.8. The standard InChI is InChI=1S/C12H21F3N2OS/c1-8(9-3-4-9)17(7-12(13,14)15)11(18)10(16)5-6-19-2/h8-10H,3-7,16H2,1-2H3/t8?,10-/m0/s1. The number of nitrogens with two attached hydrogens (primary N) is 1. The number of rotatable bonds is 7. The zero-order valence-corrected chi connectivity index (χ0v) is 12.1. The van der Waals surface area contributed by atoms with E-state index in [1.54, 1.807) is 6.92 Å². The van der Waals surface area contributed by atoms with E-state index >= 15 is 0 Å². The van der Waals surface area contributed by atoms with Gasteiger partial charge in [0.15, 0.2) is 0 Å². The smallest absolute Gasteiger partial charge is 0.329 e. The highest BCUT2D eigenvalue weighted by Gasteiger charge is 2.41. The molecule has 0 heterocycles. The lowest BCUT2D eigenvalue weighted by Crippen LogP contribution is -2.52. The predicted octanol–water partition coefficient (Wildman–Crippen LogP) is 2.26. The molecule has 0 aromatic rings. The molecule has 7 heteroatoms. The first-order valence-corrected chi connectivity index (χ1v) is 7.77. The molecule has 19 heavy (non-hydrogen) atoms. The quantitative estimate of drug-likeness (QED) is 0.784. The summed E-state index contributed by atoms with van der Waals surface area (Å²) in [7, 11) is 0. The van der Waals surface area contributed by atoms with Crippen LogP contribution in [0.5, 0.6) is 0 Å². The van der Waals surface area contributed by atoms with Gasteiger partial charge in [0, 0.05) is 6.04 Å². The van der Waals surface area contributed by atoms with Crippen LogP contribution in [-0.4, -0.2) is 47.6 Å². The van der Waals surface area contributed by atoms with Crippen LogP contribution in [-0.2, 0) is 4.79 Å². The second-order valence-electron chi connectivity index (χ2n) is 5.05. The molecule has 1 fully saturated rings. The second-order valence-corrected chi connectivity index (χ2v) is 6.03. The minimum atomic E-state index is -4.38. The Hall–Kier alpha value is -0.430. The summed E-state index contributed by atoms with van der Waals surface area (Å²) in [4.78, 5) is 13.0. The Morgan fingerprint density at radius 1 is 1.47 bits per heavy atom. The molecule has 0 aromatic carbocycles. The van der Waals surface area contributed by atoms with Crippen LogP contribution < -0.4 is 5.73 Å². The van der Waals surface area contributed by atoms with E-state index in [-0.39, 0.29) is 12.0 Å². The Labute approximate surface area is 116 Å². The van der Waals surface area contributed by atoms with Crippen LogP contribution in [0.25, 0.3) is 0 Å². The molecule has 1 unspecified atom stereocenters. The van der Waals surface area contributed by atoms with Crippen LogP contribution in [0.3, 0.4) is 0 Å². The Morgan fingerprint density at radius 3 is 2.47 bits per heavy atom. The van der Waals surface area contributed by atoms with Crippen molar-refractivity contribution in [3.05, 3.63) is 0 Å². The molecule has 0 saturated heterocycles. The first-order chi connectivity index (χ1) is 8.76. The van der Waals surface area contributed by atoms with Crippen LogP contribution in [0.4, 0.5) is 13.2 Å². The third-order valence-electron chi connectivity index (χ3n) is 3.38. The topological polar surface area (TPSA) is 46.3 Å². The molecule has 0 aromatic heterocycles. The van der Waals surface area contributed by atoms with E-state index in [1.807, 2.05) is 6.26 Å². The van der Waals surface area contributed by atoms with Gasteiger partial charge in [-0.3, -0.25) is 4.79 Å². The van der Waals surface area contributed by atoms with Gasteiger partial charge in [-0.1, -0.05) is 0 Å². The molecule has 1 amide bonds. The van der Waals surface area contributed by atoms with Crippen LogP contribution in [0.2, 0.25) is 0 Å². The Morgan fingerprint density at radius 2 is 2.05 bits per heavy atom. The second kappa shape index (κ2) is 6.83. The number of thioether (sulfide) groups is 1. The van der Waals surface area contributed by atoms with Gasteiger partial charge in [0.1, 0.15) is 6.54 Å². The lowest BCUT2D eigenvalue weighted by molar-refractivity contribution is -0.166. The molecule has 1 aliphatic rings. The van der Waals surface area contributed by atoms with E-state index < -0.39 is 24.7 Å². The summed E-state index contributed by atoms with van der Waals surface area (Å²) in [6, 6.07) is -1.22. The van der Waals surface area contributed by atoms with Gasteiger partial charge in [-0.2, -0.15) is 24.9 Å². The lowest BCUT2D eigenvalue weighted by Gasteiger charge is -2.32. The molecule has 0 radical (unpaired) electrons. The predicted molar refractivity (Wildman–Crippen MR) is 70.9 cm³/mol. The summed E-state index contributed by atoms with van der Waals surface area (Å²) in [5, 5.41) is 0. The molecule has 112 valence electrons. The van der Waals surface area contributed by atoms with Crippen molar-refractivity contribution in [3.8, 4) is 0 Å². The number of carbonyl (C=O) groups excluding carboxylic acids is 1. The highest BCUT2D eigenvalue weighted by Crippen LogP contribution is 2.36. The fourth-order valence-corrected chi connectivity index (χ4v) is 2.52. The monoisotopic (exact) mass is 298 g/mol. The molecule has 1 aliphatic carbocycles. The van der Waals surface area contributed by atoms with Gasteiger partial charge in [0.05, 0.1) is 6.04 Å². The van der Waals surface area contributed by atoms with Gasteiger partial charge in [-0.15, -0.1) is 0 Å². The minimum absolute atomic E-state index is 0.194. The molecule has 2 N–H and O–H groups in total. The molecule has 0 bridgehead atoms.